The first-order valence-corrected chi connectivity index (χ1v) is 11.4. The Kier molecular flexibility index (Phi) is 5.47. The molecule has 0 radical (unpaired) electrons. The molecule has 3 aliphatic carbocycles. The van der Waals surface area contributed by atoms with E-state index in [1.54, 1.807) is 6.26 Å². The number of fused-ring (bicyclic) bond motifs is 3. The molecule has 7 unspecified atom stereocenters. The predicted octanol–water partition coefficient (Wildman–Crippen LogP) is 4.60. The first-order chi connectivity index (χ1) is 13.3. The van der Waals surface area contributed by atoms with Crippen LogP contribution in [0, 0.1) is 23.2 Å². The molecular formula is C24H37NO3. The van der Waals surface area contributed by atoms with Crippen LogP contribution in [0.1, 0.15) is 89.5 Å². The lowest BCUT2D eigenvalue weighted by Gasteiger charge is -2.55. The van der Waals surface area contributed by atoms with Crippen molar-refractivity contribution in [3.63, 3.8) is 0 Å². The zero-order valence-corrected chi connectivity index (χ0v) is 17.5. The average molecular weight is 388 g/mol. The van der Waals surface area contributed by atoms with Crippen LogP contribution in [-0.4, -0.2) is 16.7 Å². The molecule has 3 saturated carbocycles. The van der Waals surface area contributed by atoms with E-state index in [0.29, 0.717) is 17.4 Å². The maximum Gasteiger partial charge on any atom is 0.335 e. The fourth-order valence-electron chi connectivity index (χ4n) is 7.06. The molecule has 3 aliphatic rings. The highest BCUT2D eigenvalue weighted by Crippen LogP contribution is 2.58. The van der Waals surface area contributed by atoms with Crippen LogP contribution in [0.2, 0.25) is 0 Å². The van der Waals surface area contributed by atoms with Crippen LogP contribution in [0.25, 0.3) is 0 Å². The fourth-order valence-corrected chi connectivity index (χ4v) is 7.06. The van der Waals surface area contributed by atoms with E-state index >= 15 is 0 Å². The molecule has 1 aromatic heterocycles. The van der Waals surface area contributed by atoms with Crippen LogP contribution in [-0.2, 0) is 0 Å². The second-order valence-corrected chi connectivity index (χ2v) is 10.4. The normalized spacial score (nSPS) is 44.5. The molecule has 3 N–H and O–H groups in total. The van der Waals surface area contributed by atoms with Crippen molar-refractivity contribution in [1.82, 2.24) is 0 Å². The number of aliphatic hydroxyl groups is 1. The number of hydrogen-bond acceptors (Lipinski definition) is 4. The lowest BCUT2D eigenvalue weighted by molar-refractivity contribution is -0.0573. The van der Waals surface area contributed by atoms with Crippen molar-refractivity contribution in [3.8, 4) is 0 Å². The molecule has 0 spiro atoms. The second kappa shape index (κ2) is 7.60. The monoisotopic (exact) mass is 387 g/mol. The molecule has 4 heteroatoms. The third kappa shape index (κ3) is 3.70. The Hall–Kier alpha value is -1.13. The van der Waals surface area contributed by atoms with E-state index in [4.69, 9.17) is 10.2 Å². The first-order valence-electron chi connectivity index (χ1n) is 11.4. The molecular weight excluding hydrogens is 350 g/mol. The van der Waals surface area contributed by atoms with Gasteiger partial charge in [0.15, 0.2) is 0 Å². The molecule has 4 rings (SSSR count). The molecule has 3 fully saturated rings. The van der Waals surface area contributed by atoms with Crippen molar-refractivity contribution in [2.24, 2.45) is 28.9 Å². The third-order valence-electron chi connectivity index (χ3n) is 8.78. The molecule has 1 heterocycles. The summed E-state index contributed by atoms with van der Waals surface area (Å²) in [5, 5.41) is 11.5. The van der Waals surface area contributed by atoms with Crippen molar-refractivity contribution in [2.45, 2.75) is 95.6 Å². The van der Waals surface area contributed by atoms with Crippen molar-refractivity contribution < 1.29 is 9.52 Å². The SMILES string of the molecule is CC1(O)CCC2C(CCCC1c1ccc(=O)oc1)CCC1CC(N)CCC12C. The number of hydrogen-bond donors (Lipinski definition) is 2. The molecule has 0 aliphatic heterocycles. The Morgan fingerprint density at radius 2 is 1.89 bits per heavy atom. The second-order valence-electron chi connectivity index (χ2n) is 10.4. The van der Waals surface area contributed by atoms with Gasteiger partial charge in [-0.05, 0) is 93.1 Å². The van der Waals surface area contributed by atoms with Gasteiger partial charge in [-0.25, -0.2) is 4.79 Å². The molecule has 4 nitrogen and oxygen atoms in total. The molecule has 156 valence electrons. The highest BCUT2D eigenvalue weighted by atomic mass is 16.4. The molecule has 28 heavy (non-hydrogen) atoms. The maximum atomic E-state index is 11.5. The number of nitrogens with two attached hydrogens (primary N) is 1. The lowest BCUT2D eigenvalue weighted by atomic mass is 9.50. The predicted molar refractivity (Wildman–Crippen MR) is 111 cm³/mol. The fraction of sp³-hybridized carbons (Fsp3) is 0.792. The van der Waals surface area contributed by atoms with E-state index in [9.17, 15) is 9.90 Å². The summed E-state index contributed by atoms with van der Waals surface area (Å²) in [5.41, 5.74) is 6.56. The minimum absolute atomic E-state index is 0.0281. The van der Waals surface area contributed by atoms with Crippen LogP contribution in [0.15, 0.2) is 27.6 Å². The third-order valence-corrected chi connectivity index (χ3v) is 8.78. The van der Waals surface area contributed by atoms with Crippen molar-refractivity contribution in [1.29, 1.82) is 0 Å². The van der Waals surface area contributed by atoms with E-state index in [-0.39, 0.29) is 11.5 Å². The average Bonchev–Trinajstić information content (AvgIpc) is 2.71. The summed E-state index contributed by atoms with van der Waals surface area (Å²) in [6, 6.07) is 3.70. The summed E-state index contributed by atoms with van der Waals surface area (Å²) in [6.07, 6.45) is 13.0. The van der Waals surface area contributed by atoms with Crippen LogP contribution < -0.4 is 11.4 Å². The lowest BCUT2D eigenvalue weighted by Crippen LogP contribution is -2.49. The Balaban J connectivity index is 1.58. The van der Waals surface area contributed by atoms with Gasteiger partial charge in [0, 0.05) is 18.0 Å². The van der Waals surface area contributed by atoms with Crippen molar-refractivity contribution in [2.75, 3.05) is 0 Å². The molecule has 1 aromatic rings. The summed E-state index contributed by atoms with van der Waals surface area (Å²) >= 11 is 0. The maximum absolute atomic E-state index is 11.5. The van der Waals surface area contributed by atoms with Gasteiger partial charge in [-0.1, -0.05) is 19.8 Å². The van der Waals surface area contributed by atoms with Gasteiger partial charge in [-0.3, -0.25) is 0 Å². The van der Waals surface area contributed by atoms with Gasteiger partial charge in [0.25, 0.3) is 0 Å². The summed E-state index contributed by atoms with van der Waals surface area (Å²) in [4.78, 5) is 11.4. The Morgan fingerprint density at radius 1 is 1.07 bits per heavy atom. The van der Waals surface area contributed by atoms with Gasteiger partial charge in [-0.2, -0.15) is 0 Å². The minimum atomic E-state index is -0.775. The van der Waals surface area contributed by atoms with Gasteiger partial charge in [-0.15, -0.1) is 0 Å². The number of rotatable bonds is 1. The smallest absolute Gasteiger partial charge is 0.335 e. The van der Waals surface area contributed by atoms with Gasteiger partial charge in [0.05, 0.1) is 11.9 Å². The van der Waals surface area contributed by atoms with E-state index in [0.717, 1.165) is 49.5 Å². The standard InChI is InChI=1S/C24H37NO3/c1-23-12-10-19(25)14-18(23)8-6-16-4-3-5-21(17-7-9-22(26)28-15-17)24(2,27)13-11-20(16)23/h7,9,15-16,18-21,27H,3-6,8,10-14,25H2,1-2H3. The van der Waals surface area contributed by atoms with Gasteiger partial charge in [0.2, 0.25) is 0 Å². The molecule has 0 bridgehead atoms. The van der Waals surface area contributed by atoms with Gasteiger partial charge in [0.1, 0.15) is 0 Å². The van der Waals surface area contributed by atoms with Gasteiger partial charge < -0.3 is 15.3 Å². The summed E-state index contributed by atoms with van der Waals surface area (Å²) in [7, 11) is 0. The largest absolute Gasteiger partial charge is 0.431 e. The summed E-state index contributed by atoms with van der Waals surface area (Å²) in [6.45, 7) is 4.51. The summed E-state index contributed by atoms with van der Waals surface area (Å²) in [5.74, 6) is 2.25. The van der Waals surface area contributed by atoms with E-state index in [1.165, 1.54) is 38.2 Å². The Bertz CT molecular complexity index is 721. The quantitative estimate of drug-likeness (QED) is 0.738. The molecule has 7 atom stereocenters. The highest BCUT2D eigenvalue weighted by Gasteiger charge is 2.50. The zero-order chi connectivity index (χ0) is 19.9. The Morgan fingerprint density at radius 3 is 2.64 bits per heavy atom. The van der Waals surface area contributed by atoms with Gasteiger partial charge >= 0.3 is 5.63 Å². The summed E-state index contributed by atoms with van der Waals surface area (Å²) < 4.78 is 5.12. The minimum Gasteiger partial charge on any atom is -0.431 e. The van der Waals surface area contributed by atoms with E-state index in [1.807, 2.05) is 13.0 Å². The van der Waals surface area contributed by atoms with Crippen molar-refractivity contribution >= 4 is 0 Å². The van der Waals surface area contributed by atoms with E-state index in [2.05, 4.69) is 6.92 Å². The first kappa shape index (κ1) is 20.2. The molecule has 0 aromatic carbocycles. The highest BCUT2D eigenvalue weighted by molar-refractivity contribution is 5.18. The van der Waals surface area contributed by atoms with Crippen LogP contribution in [0.5, 0.6) is 0 Å². The van der Waals surface area contributed by atoms with Crippen LogP contribution in [0.3, 0.4) is 0 Å². The van der Waals surface area contributed by atoms with Crippen LogP contribution in [0.4, 0.5) is 0 Å². The topological polar surface area (TPSA) is 76.5 Å². The van der Waals surface area contributed by atoms with Crippen LogP contribution >= 0.6 is 0 Å². The Labute approximate surface area is 168 Å². The zero-order valence-electron chi connectivity index (χ0n) is 17.5. The van der Waals surface area contributed by atoms with E-state index < -0.39 is 5.60 Å². The molecule has 0 saturated heterocycles. The van der Waals surface area contributed by atoms with Crippen molar-refractivity contribution in [3.05, 3.63) is 34.4 Å². The molecule has 0 amide bonds.